The first-order valence-electron chi connectivity index (χ1n) is 9.21. The highest BCUT2D eigenvalue weighted by atomic mass is 32.2. The lowest BCUT2D eigenvalue weighted by Gasteiger charge is -2.31. The summed E-state index contributed by atoms with van der Waals surface area (Å²) >= 11 is 1.72. The molecule has 0 saturated carbocycles. The van der Waals surface area contributed by atoms with E-state index in [-0.39, 0.29) is 17.2 Å². The van der Waals surface area contributed by atoms with Gasteiger partial charge in [-0.2, -0.15) is 0 Å². The number of piperidine rings is 1. The monoisotopic (exact) mass is 379 g/mol. The molecule has 3 atom stereocenters. The number of nitrogens with one attached hydrogen (secondary N) is 4. The molecular formula is C18H26FN5OS. The van der Waals surface area contributed by atoms with Gasteiger partial charge in [-0.15, -0.1) is 0 Å². The summed E-state index contributed by atoms with van der Waals surface area (Å²) < 4.78 is 14.0. The van der Waals surface area contributed by atoms with Crippen LogP contribution >= 0.6 is 11.8 Å². The van der Waals surface area contributed by atoms with E-state index in [1.165, 1.54) is 18.9 Å². The largest absolute Gasteiger partial charge is 0.373 e. The van der Waals surface area contributed by atoms with Gasteiger partial charge < -0.3 is 15.5 Å². The number of hydrogen-bond donors (Lipinski definition) is 4. The van der Waals surface area contributed by atoms with Crippen LogP contribution in [0.4, 0.5) is 10.1 Å². The number of benzene rings is 1. The van der Waals surface area contributed by atoms with Gasteiger partial charge in [0.1, 0.15) is 17.4 Å². The zero-order valence-electron chi connectivity index (χ0n) is 15.1. The van der Waals surface area contributed by atoms with E-state index in [0.717, 1.165) is 24.3 Å². The molecule has 3 aliphatic heterocycles. The number of amides is 1. The molecule has 3 unspecified atom stereocenters. The van der Waals surface area contributed by atoms with Crippen molar-refractivity contribution < 1.29 is 9.18 Å². The molecule has 3 heterocycles. The number of likely N-dealkylation sites (tertiary alicyclic amines) is 1. The van der Waals surface area contributed by atoms with E-state index in [0.29, 0.717) is 23.3 Å². The molecule has 0 spiro atoms. The van der Waals surface area contributed by atoms with Crippen molar-refractivity contribution in [3.05, 3.63) is 29.1 Å². The summed E-state index contributed by atoms with van der Waals surface area (Å²) in [6, 6.07) is 2.79. The van der Waals surface area contributed by atoms with Crippen LogP contribution in [0.2, 0.25) is 0 Å². The number of halogens is 1. The van der Waals surface area contributed by atoms with Crippen molar-refractivity contribution in [2.24, 2.45) is 5.92 Å². The number of hydrazine groups is 1. The molecule has 4 N–H and O–H groups in total. The second-order valence-corrected chi connectivity index (χ2v) is 8.75. The lowest BCUT2D eigenvalue weighted by molar-refractivity contribution is -0.122. The van der Waals surface area contributed by atoms with Gasteiger partial charge in [-0.05, 0) is 57.5 Å². The molecule has 8 heteroatoms. The van der Waals surface area contributed by atoms with Crippen molar-refractivity contribution in [2.45, 2.75) is 43.1 Å². The summed E-state index contributed by atoms with van der Waals surface area (Å²) in [5, 5.41) is 6.52. The van der Waals surface area contributed by atoms with Crippen LogP contribution in [-0.2, 0) is 11.2 Å². The Morgan fingerprint density at radius 3 is 2.81 bits per heavy atom. The van der Waals surface area contributed by atoms with Gasteiger partial charge in [-0.1, -0.05) is 17.8 Å². The van der Waals surface area contributed by atoms with E-state index in [1.807, 2.05) is 6.92 Å². The Kier molecular flexibility index (Phi) is 5.09. The van der Waals surface area contributed by atoms with Crippen molar-refractivity contribution >= 4 is 23.4 Å². The van der Waals surface area contributed by atoms with Gasteiger partial charge in [0.05, 0.1) is 5.37 Å². The molecule has 2 fully saturated rings. The molecule has 2 saturated heterocycles. The highest BCUT2D eigenvalue weighted by Gasteiger charge is 2.36. The van der Waals surface area contributed by atoms with Gasteiger partial charge in [-0.3, -0.25) is 4.79 Å². The van der Waals surface area contributed by atoms with Crippen LogP contribution in [-0.4, -0.2) is 47.9 Å². The number of nitrogens with zero attached hydrogens (tertiary/aromatic N) is 1. The first-order valence-corrected chi connectivity index (χ1v) is 10.2. The Bertz CT molecular complexity index is 663. The van der Waals surface area contributed by atoms with Crippen LogP contribution in [0.25, 0.3) is 0 Å². The Morgan fingerprint density at radius 2 is 2.08 bits per heavy atom. The van der Waals surface area contributed by atoms with Crippen molar-refractivity contribution in [3.8, 4) is 0 Å². The van der Waals surface area contributed by atoms with E-state index in [1.54, 1.807) is 17.8 Å². The van der Waals surface area contributed by atoms with Crippen LogP contribution < -0.4 is 21.5 Å². The van der Waals surface area contributed by atoms with Crippen LogP contribution in [0.1, 0.15) is 24.0 Å². The molecule has 3 aliphatic rings. The third-order valence-electron chi connectivity index (χ3n) is 5.61. The fourth-order valence-electron chi connectivity index (χ4n) is 3.96. The Labute approximate surface area is 157 Å². The number of hydrogen-bond acceptors (Lipinski definition) is 6. The SMILES string of the molecule is Cc1ccc(F)c2c1NC(C(=O)NC1NNC(C3CCN(C)CC3)S1)C2. The number of aryl methyl sites for hydroxylation is 1. The number of carbonyl (C=O) groups is 1. The molecule has 6 nitrogen and oxygen atoms in total. The average molecular weight is 380 g/mol. The van der Waals surface area contributed by atoms with Crippen molar-refractivity contribution in [1.29, 1.82) is 0 Å². The molecule has 0 aliphatic carbocycles. The molecule has 1 amide bonds. The lowest BCUT2D eigenvalue weighted by Crippen LogP contribution is -2.49. The van der Waals surface area contributed by atoms with E-state index in [9.17, 15) is 9.18 Å². The number of carbonyl (C=O) groups excluding carboxylic acids is 1. The van der Waals surface area contributed by atoms with E-state index in [4.69, 9.17) is 0 Å². The summed E-state index contributed by atoms with van der Waals surface area (Å²) in [6.45, 7) is 4.17. The average Bonchev–Trinajstić information content (AvgIpc) is 3.27. The summed E-state index contributed by atoms with van der Waals surface area (Å²) in [5.41, 5.74) is 8.68. The molecule has 1 aromatic carbocycles. The first-order chi connectivity index (χ1) is 12.5. The Hall–Kier alpha value is -1.35. The number of anilines is 1. The summed E-state index contributed by atoms with van der Waals surface area (Å²) in [7, 11) is 2.16. The summed E-state index contributed by atoms with van der Waals surface area (Å²) in [4.78, 5) is 15.0. The molecular weight excluding hydrogens is 353 g/mol. The normalized spacial score (nSPS) is 29.4. The minimum Gasteiger partial charge on any atom is -0.373 e. The molecule has 0 radical (unpaired) electrons. The molecule has 4 rings (SSSR count). The van der Waals surface area contributed by atoms with Crippen LogP contribution in [0, 0.1) is 18.7 Å². The van der Waals surface area contributed by atoms with Gasteiger partial charge in [0.2, 0.25) is 5.91 Å². The molecule has 142 valence electrons. The topological polar surface area (TPSA) is 68.4 Å². The third-order valence-corrected chi connectivity index (χ3v) is 6.92. The van der Waals surface area contributed by atoms with Crippen molar-refractivity contribution in [3.63, 3.8) is 0 Å². The minimum atomic E-state index is -0.426. The summed E-state index contributed by atoms with van der Waals surface area (Å²) in [5.74, 6) is 0.262. The zero-order chi connectivity index (χ0) is 18.3. The van der Waals surface area contributed by atoms with E-state index in [2.05, 4.69) is 33.4 Å². The predicted octanol–water partition coefficient (Wildman–Crippen LogP) is 1.38. The highest BCUT2D eigenvalue weighted by molar-refractivity contribution is 8.00. The fourth-order valence-corrected chi connectivity index (χ4v) is 5.20. The molecule has 0 bridgehead atoms. The summed E-state index contributed by atoms with van der Waals surface area (Å²) in [6.07, 6.45) is 2.72. The van der Waals surface area contributed by atoms with Crippen LogP contribution in [0.5, 0.6) is 0 Å². The molecule has 0 aromatic heterocycles. The zero-order valence-corrected chi connectivity index (χ0v) is 16.0. The number of thioether (sulfide) groups is 1. The molecule has 26 heavy (non-hydrogen) atoms. The van der Waals surface area contributed by atoms with Crippen molar-refractivity contribution in [1.82, 2.24) is 21.1 Å². The van der Waals surface area contributed by atoms with Crippen molar-refractivity contribution in [2.75, 3.05) is 25.5 Å². The standard InChI is InChI=1S/C18H26FN5OS/c1-10-3-4-13(19)12-9-14(20-15(10)12)16(25)21-18-23-22-17(26-18)11-5-7-24(2)8-6-11/h3-4,11,14,17-18,20,22-23H,5-9H2,1-2H3,(H,21,25). The smallest absolute Gasteiger partial charge is 0.244 e. The maximum absolute atomic E-state index is 14.0. The maximum atomic E-state index is 14.0. The fraction of sp³-hybridized carbons (Fsp3) is 0.611. The lowest BCUT2D eigenvalue weighted by atomic mass is 9.97. The second kappa shape index (κ2) is 7.34. The third kappa shape index (κ3) is 3.55. The van der Waals surface area contributed by atoms with Gasteiger partial charge >= 0.3 is 0 Å². The first kappa shape index (κ1) is 18.0. The van der Waals surface area contributed by atoms with Gasteiger partial charge in [0, 0.05) is 17.7 Å². The predicted molar refractivity (Wildman–Crippen MR) is 102 cm³/mol. The molecule has 1 aromatic rings. The van der Waals surface area contributed by atoms with Crippen LogP contribution in [0.15, 0.2) is 12.1 Å². The van der Waals surface area contributed by atoms with Crippen LogP contribution in [0.3, 0.4) is 0 Å². The number of fused-ring (bicyclic) bond motifs is 1. The highest BCUT2D eigenvalue weighted by Crippen LogP contribution is 2.33. The van der Waals surface area contributed by atoms with E-state index >= 15 is 0 Å². The number of rotatable bonds is 3. The maximum Gasteiger partial charge on any atom is 0.244 e. The van der Waals surface area contributed by atoms with Gasteiger partial charge in [0.25, 0.3) is 0 Å². The quantitative estimate of drug-likeness (QED) is 0.636. The van der Waals surface area contributed by atoms with Gasteiger partial charge in [-0.25, -0.2) is 15.2 Å². The minimum absolute atomic E-state index is 0.101. The van der Waals surface area contributed by atoms with E-state index < -0.39 is 6.04 Å². The second-order valence-electron chi connectivity index (χ2n) is 7.49. The Morgan fingerprint density at radius 1 is 1.31 bits per heavy atom. The Balaban J connectivity index is 1.31. The van der Waals surface area contributed by atoms with Gasteiger partial charge in [0.15, 0.2) is 0 Å².